The molecule has 1 unspecified atom stereocenters. The van der Waals surface area contributed by atoms with E-state index in [1.165, 1.54) is 0 Å². The van der Waals surface area contributed by atoms with Crippen LogP contribution in [0.15, 0.2) is 36.5 Å². The molecule has 3 heterocycles. The molecule has 184 valence electrons. The highest BCUT2D eigenvalue weighted by Crippen LogP contribution is 2.34. The number of benzene rings is 1. The van der Waals surface area contributed by atoms with Crippen molar-refractivity contribution in [1.29, 1.82) is 0 Å². The molecule has 0 bridgehead atoms. The summed E-state index contributed by atoms with van der Waals surface area (Å²) >= 11 is 0. The minimum absolute atomic E-state index is 0.000274. The van der Waals surface area contributed by atoms with E-state index in [0.29, 0.717) is 24.8 Å². The van der Waals surface area contributed by atoms with Gasteiger partial charge in [0.15, 0.2) is 0 Å². The van der Waals surface area contributed by atoms with Crippen molar-refractivity contribution in [2.45, 2.75) is 70.8 Å². The topological polar surface area (TPSA) is 94.6 Å². The molecule has 0 radical (unpaired) electrons. The molecule has 0 aliphatic carbocycles. The molecule has 2 fully saturated rings. The molecule has 0 saturated carbocycles. The van der Waals surface area contributed by atoms with Crippen molar-refractivity contribution < 1.29 is 19.0 Å². The fraction of sp³-hybridized carbons (Fsp3) is 0.577. The van der Waals surface area contributed by atoms with E-state index in [2.05, 4.69) is 22.5 Å². The molecule has 1 aromatic heterocycles. The second-order valence-electron chi connectivity index (χ2n) is 10.2. The molecule has 0 spiro atoms. The van der Waals surface area contributed by atoms with Crippen LogP contribution in [0.5, 0.6) is 5.75 Å². The van der Waals surface area contributed by atoms with Gasteiger partial charge < -0.3 is 24.8 Å². The van der Waals surface area contributed by atoms with Crippen LogP contribution in [-0.4, -0.2) is 53.4 Å². The summed E-state index contributed by atoms with van der Waals surface area (Å²) in [6, 6.07) is 9.80. The van der Waals surface area contributed by atoms with Crippen molar-refractivity contribution in [1.82, 2.24) is 15.3 Å². The molecule has 5 atom stereocenters. The third-order valence-electron chi connectivity index (χ3n) is 6.26. The fourth-order valence-corrected chi connectivity index (χ4v) is 4.62. The maximum absolute atomic E-state index is 12.7. The molecule has 4 rings (SSSR count). The number of rotatable bonds is 8. The lowest BCUT2D eigenvalue weighted by Crippen LogP contribution is -2.34. The average Bonchev–Trinajstić information content (AvgIpc) is 3.42. The van der Waals surface area contributed by atoms with Crippen LogP contribution in [0.1, 0.15) is 64.3 Å². The summed E-state index contributed by atoms with van der Waals surface area (Å²) in [7, 11) is 0. The maximum atomic E-state index is 12.7. The van der Waals surface area contributed by atoms with E-state index in [1.54, 1.807) is 6.20 Å². The summed E-state index contributed by atoms with van der Waals surface area (Å²) in [5.74, 6) is 0.924. The van der Waals surface area contributed by atoms with Gasteiger partial charge in [-0.05, 0) is 58.4 Å². The average molecular weight is 469 g/mol. The van der Waals surface area contributed by atoms with Crippen molar-refractivity contribution in [2.24, 2.45) is 5.92 Å². The van der Waals surface area contributed by atoms with Gasteiger partial charge in [0.2, 0.25) is 11.9 Å². The third kappa shape index (κ3) is 6.04. The van der Waals surface area contributed by atoms with Crippen LogP contribution in [0, 0.1) is 5.92 Å². The SMILES string of the molecule is C[C@H](Nc1nccc([C@@H]2C(=O)NCC2[C@@H](C)OC(C)(C)C)n1)c1cccc(O[C@H]2CCOC2)c1. The van der Waals surface area contributed by atoms with Gasteiger partial charge in [0.05, 0.1) is 42.6 Å². The Balaban J connectivity index is 1.46. The van der Waals surface area contributed by atoms with Crippen molar-refractivity contribution in [2.75, 3.05) is 25.1 Å². The normalized spacial score (nSPS) is 24.5. The zero-order chi connectivity index (χ0) is 24.3. The Hall–Kier alpha value is -2.71. The first-order chi connectivity index (χ1) is 16.2. The van der Waals surface area contributed by atoms with Gasteiger partial charge >= 0.3 is 0 Å². The molecule has 2 aromatic rings. The number of nitrogens with one attached hydrogen (secondary N) is 2. The highest BCUT2D eigenvalue weighted by Gasteiger charge is 2.41. The summed E-state index contributed by atoms with van der Waals surface area (Å²) in [6.45, 7) is 12.1. The Bertz CT molecular complexity index is 987. The highest BCUT2D eigenvalue weighted by molar-refractivity contribution is 5.85. The van der Waals surface area contributed by atoms with E-state index in [1.807, 2.05) is 58.0 Å². The van der Waals surface area contributed by atoms with E-state index in [9.17, 15) is 4.79 Å². The number of hydrogen-bond donors (Lipinski definition) is 2. The molecule has 2 aliphatic rings. The number of carbonyl (C=O) groups is 1. The quantitative estimate of drug-likeness (QED) is 0.608. The number of aromatic nitrogens is 2. The summed E-state index contributed by atoms with van der Waals surface area (Å²) < 4.78 is 17.6. The van der Waals surface area contributed by atoms with Crippen molar-refractivity contribution in [3.63, 3.8) is 0 Å². The van der Waals surface area contributed by atoms with Gasteiger partial charge in [-0.15, -0.1) is 0 Å². The van der Waals surface area contributed by atoms with Crippen LogP contribution in [0.25, 0.3) is 0 Å². The van der Waals surface area contributed by atoms with Crippen LogP contribution < -0.4 is 15.4 Å². The largest absolute Gasteiger partial charge is 0.488 e. The summed E-state index contributed by atoms with van der Waals surface area (Å²) in [5.41, 5.74) is 1.48. The minimum Gasteiger partial charge on any atom is -0.488 e. The number of ether oxygens (including phenoxy) is 3. The van der Waals surface area contributed by atoms with Crippen molar-refractivity contribution >= 4 is 11.9 Å². The predicted molar refractivity (Wildman–Crippen MR) is 130 cm³/mol. The van der Waals surface area contributed by atoms with Crippen LogP contribution in [0.4, 0.5) is 5.95 Å². The lowest BCUT2D eigenvalue weighted by Gasteiger charge is -2.30. The van der Waals surface area contributed by atoms with Gasteiger partial charge in [0, 0.05) is 25.1 Å². The van der Waals surface area contributed by atoms with E-state index in [0.717, 1.165) is 24.3 Å². The summed E-state index contributed by atoms with van der Waals surface area (Å²) in [5, 5.41) is 6.36. The van der Waals surface area contributed by atoms with Gasteiger partial charge in [-0.1, -0.05) is 12.1 Å². The number of hydrogen-bond acceptors (Lipinski definition) is 7. The smallest absolute Gasteiger partial charge is 0.229 e. The predicted octanol–water partition coefficient (Wildman–Crippen LogP) is 3.85. The first-order valence-corrected chi connectivity index (χ1v) is 12.1. The summed E-state index contributed by atoms with van der Waals surface area (Å²) in [6.07, 6.45) is 2.62. The Labute approximate surface area is 201 Å². The van der Waals surface area contributed by atoms with E-state index in [4.69, 9.17) is 19.2 Å². The second-order valence-corrected chi connectivity index (χ2v) is 10.2. The lowest BCUT2D eigenvalue weighted by atomic mass is 9.88. The summed E-state index contributed by atoms with van der Waals surface area (Å²) in [4.78, 5) is 21.8. The molecule has 2 aliphatic heterocycles. The zero-order valence-electron chi connectivity index (χ0n) is 20.7. The maximum Gasteiger partial charge on any atom is 0.229 e. The van der Waals surface area contributed by atoms with Crippen molar-refractivity contribution in [3.8, 4) is 5.75 Å². The Morgan fingerprint density at radius 1 is 1.24 bits per heavy atom. The third-order valence-corrected chi connectivity index (χ3v) is 6.26. The van der Waals surface area contributed by atoms with Gasteiger partial charge in [0.25, 0.3) is 0 Å². The van der Waals surface area contributed by atoms with E-state index in [-0.39, 0.29) is 41.6 Å². The second kappa shape index (κ2) is 10.3. The van der Waals surface area contributed by atoms with Crippen LogP contribution >= 0.6 is 0 Å². The zero-order valence-corrected chi connectivity index (χ0v) is 20.7. The number of anilines is 1. The Morgan fingerprint density at radius 3 is 2.79 bits per heavy atom. The van der Waals surface area contributed by atoms with Crippen LogP contribution in [0.3, 0.4) is 0 Å². The van der Waals surface area contributed by atoms with Gasteiger partial charge in [0.1, 0.15) is 11.9 Å². The number of nitrogens with zero attached hydrogens (tertiary/aromatic N) is 2. The molecule has 8 nitrogen and oxygen atoms in total. The lowest BCUT2D eigenvalue weighted by molar-refractivity contribution is -0.122. The molecule has 34 heavy (non-hydrogen) atoms. The minimum atomic E-state index is -0.374. The van der Waals surface area contributed by atoms with E-state index < -0.39 is 0 Å². The molecule has 2 saturated heterocycles. The Morgan fingerprint density at radius 2 is 2.06 bits per heavy atom. The molecule has 1 aromatic carbocycles. The first-order valence-electron chi connectivity index (χ1n) is 12.1. The van der Waals surface area contributed by atoms with Crippen molar-refractivity contribution in [3.05, 3.63) is 47.8 Å². The highest BCUT2D eigenvalue weighted by atomic mass is 16.5. The van der Waals surface area contributed by atoms with Gasteiger partial charge in [-0.25, -0.2) is 9.97 Å². The molecular formula is C26H36N4O4. The number of amides is 1. The van der Waals surface area contributed by atoms with E-state index >= 15 is 0 Å². The molecule has 2 N–H and O–H groups in total. The number of carbonyl (C=O) groups excluding carboxylic acids is 1. The molecule has 1 amide bonds. The fourth-order valence-electron chi connectivity index (χ4n) is 4.62. The monoisotopic (exact) mass is 468 g/mol. The van der Waals surface area contributed by atoms with Crippen LogP contribution in [-0.2, 0) is 14.3 Å². The van der Waals surface area contributed by atoms with Crippen LogP contribution in [0.2, 0.25) is 0 Å². The Kier molecular flexibility index (Phi) is 7.38. The van der Waals surface area contributed by atoms with Gasteiger partial charge in [-0.3, -0.25) is 4.79 Å². The standard InChI is InChI=1S/C26H36N4O4/c1-16(18-7-6-8-19(13-18)33-20-10-12-32-15-20)29-25-27-11-9-22(30-25)23-21(14-28-24(23)31)17(2)34-26(3,4)5/h6-9,11,13,16-17,20-21,23H,10,12,14-15H2,1-5H3,(H,28,31)(H,27,29,30)/t16-,17+,20-,21?,23+/m0/s1. The first kappa shape index (κ1) is 24.4. The van der Waals surface area contributed by atoms with Gasteiger partial charge in [-0.2, -0.15) is 0 Å². The molecular weight excluding hydrogens is 432 g/mol. The molecule has 8 heteroatoms.